The molecule has 3 rings (SSSR count). The van der Waals surface area contributed by atoms with Crippen molar-refractivity contribution in [2.45, 2.75) is 31.2 Å². The normalized spacial score (nSPS) is 19.5. The van der Waals surface area contributed by atoms with Crippen molar-refractivity contribution in [2.75, 3.05) is 13.1 Å². The summed E-state index contributed by atoms with van der Waals surface area (Å²) in [5.74, 6) is -2.21. The van der Waals surface area contributed by atoms with Crippen molar-refractivity contribution in [1.82, 2.24) is 10.2 Å². The van der Waals surface area contributed by atoms with Crippen LogP contribution in [0.15, 0.2) is 42.5 Å². The SMILES string of the molecule is NC(Cc1cc(F)cc(F)c1)C(O)C1NCCN(Cc2cccc(F)c2)C1=O. The van der Waals surface area contributed by atoms with E-state index >= 15 is 0 Å². The first-order valence-electron chi connectivity index (χ1n) is 8.99. The molecule has 8 heteroatoms. The van der Waals surface area contributed by atoms with Gasteiger partial charge in [-0.3, -0.25) is 4.79 Å². The van der Waals surface area contributed by atoms with E-state index in [2.05, 4.69) is 5.32 Å². The lowest BCUT2D eigenvalue weighted by Crippen LogP contribution is -2.62. The van der Waals surface area contributed by atoms with E-state index in [0.717, 1.165) is 18.2 Å². The second-order valence-electron chi connectivity index (χ2n) is 6.96. The number of aliphatic hydroxyl groups is 1. The monoisotopic (exact) mass is 393 g/mol. The van der Waals surface area contributed by atoms with Gasteiger partial charge in [0.1, 0.15) is 23.5 Å². The van der Waals surface area contributed by atoms with Gasteiger partial charge in [0.15, 0.2) is 0 Å². The van der Waals surface area contributed by atoms with E-state index in [9.17, 15) is 23.1 Å². The Balaban J connectivity index is 1.66. The third-order valence-corrected chi connectivity index (χ3v) is 4.76. The van der Waals surface area contributed by atoms with Crippen molar-refractivity contribution in [1.29, 1.82) is 0 Å². The lowest BCUT2D eigenvalue weighted by atomic mass is 9.95. The van der Waals surface area contributed by atoms with Gasteiger partial charge in [0.25, 0.3) is 0 Å². The number of piperazine rings is 1. The van der Waals surface area contributed by atoms with Crippen LogP contribution in [0.25, 0.3) is 0 Å². The molecule has 0 saturated carbocycles. The summed E-state index contributed by atoms with van der Waals surface area (Å²) in [6.45, 7) is 1.05. The number of benzene rings is 2. The van der Waals surface area contributed by atoms with Crippen LogP contribution in [0.3, 0.4) is 0 Å². The highest BCUT2D eigenvalue weighted by atomic mass is 19.1. The van der Waals surface area contributed by atoms with Gasteiger partial charge in [0.05, 0.1) is 6.10 Å². The third kappa shape index (κ3) is 4.89. The Hall–Kier alpha value is -2.42. The van der Waals surface area contributed by atoms with Crippen LogP contribution >= 0.6 is 0 Å². The van der Waals surface area contributed by atoms with Gasteiger partial charge in [0, 0.05) is 31.7 Å². The fraction of sp³-hybridized carbons (Fsp3) is 0.350. The number of carbonyl (C=O) groups is 1. The number of aliphatic hydroxyl groups excluding tert-OH is 1. The van der Waals surface area contributed by atoms with Gasteiger partial charge >= 0.3 is 0 Å². The summed E-state index contributed by atoms with van der Waals surface area (Å²) in [5.41, 5.74) is 6.94. The smallest absolute Gasteiger partial charge is 0.242 e. The van der Waals surface area contributed by atoms with E-state index in [-0.39, 0.29) is 24.7 Å². The van der Waals surface area contributed by atoms with Gasteiger partial charge in [-0.05, 0) is 41.8 Å². The summed E-state index contributed by atoms with van der Waals surface area (Å²) in [6.07, 6.45) is -1.25. The fourth-order valence-electron chi connectivity index (χ4n) is 3.40. The topological polar surface area (TPSA) is 78.6 Å². The summed E-state index contributed by atoms with van der Waals surface area (Å²) in [4.78, 5) is 14.3. The molecule has 0 bridgehead atoms. The first-order valence-corrected chi connectivity index (χ1v) is 8.99. The van der Waals surface area contributed by atoms with Gasteiger partial charge in [-0.15, -0.1) is 0 Å². The van der Waals surface area contributed by atoms with Gasteiger partial charge in [-0.25, -0.2) is 13.2 Å². The minimum Gasteiger partial charge on any atom is -0.389 e. The molecule has 2 aromatic carbocycles. The van der Waals surface area contributed by atoms with Crippen LogP contribution < -0.4 is 11.1 Å². The molecule has 1 saturated heterocycles. The van der Waals surface area contributed by atoms with Crippen LogP contribution in [-0.4, -0.2) is 47.2 Å². The van der Waals surface area contributed by atoms with Crippen molar-refractivity contribution in [3.8, 4) is 0 Å². The highest BCUT2D eigenvalue weighted by Crippen LogP contribution is 2.16. The number of hydrogen-bond acceptors (Lipinski definition) is 4. The molecule has 150 valence electrons. The maximum atomic E-state index is 13.4. The summed E-state index contributed by atoms with van der Waals surface area (Å²) in [6, 6.07) is 7.14. The zero-order chi connectivity index (χ0) is 20.3. The zero-order valence-electron chi connectivity index (χ0n) is 15.1. The Morgan fingerprint density at radius 2 is 1.79 bits per heavy atom. The second kappa shape index (κ2) is 8.72. The molecule has 3 atom stereocenters. The molecule has 5 nitrogen and oxygen atoms in total. The van der Waals surface area contributed by atoms with Gasteiger partial charge in [-0.2, -0.15) is 0 Å². The Kier molecular flexibility index (Phi) is 6.33. The van der Waals surface area contributed by atoms with E-state index in [1.165, 1.54) is 17.0 Å². The molecule has 28 heavy (non-hydrogen) atoms. The number of halogens is 3. The number of nitrogens with one attached hydrogen (secondary N) is 1. The molecule has 0 spiro atoms. The van der Waals surface area contributed by atoms with Crippen LogP contribution in [0, 0.1) is 17.5 Å². The van der Waals surface area contributed by atoms with Crippen LogP contribution in [0.1, 0.15) is 11.1 Å². The van der Waals surface area contributed by atoms with Crippen LogP contribution in [0.4, 0.5) is 13.2 Å². The lowest BCUT2D eigenvalue weighted by molar-refractivity contribution is -0.140. The zero-order valence-corrected chi connectivity index (χ0v) is 15.1. The van der Waals surface area contributed by atoms with Crippen LogP contribution in [0.2, 0.25) is 0 Å². The highest BCUT2D eigenvalue weighted by Gasteiger charge is 2.36. The molecule has 0 radical (unpaired) electrons. The number of nitrogens with zero attached hydrogens (tertiary/aromatic N) is 1. The largest absolute Gasteiger partial charge is 0.389 e. The molecule has 1 fully saturated rings. The Morgan fingerprint density at radius 3 is 2.46 bits per heavy atom. The van der Waals surface area contributed by atoms with Gasteiger partial charge in [0.2, 0.25) is 5.91 Å². The first kappa shape index (κ1) is 20.3. The van der Waals surface area contributed by atoms with Crippen molar-refractivity contribution in [3.05, 3.63) is 71.0 Å². The molecule has 1 heterocycles. The average molecular weight is 393 g/mol. The van der Waals surface area contributed by atoms with Crippen molar-refractivity contribution in [3.63, 3.8) is 0 Å². The molecule has 0 aliphatic carbocycles. The molecule has 4 N–H and O–H groups in total. The molecule has 3 unspecified atom stereocenters. The maximum absolute atomic E-state index is 13.4. The lowest BCUT2D eigenvalue weighted by Gasteiger charge is -2.37. The number of nitrogens with two attached hydrogens (primary N) is 1. The molecule has 1 aliphatic heterocycles. The van der Waals surface area contributed by atoms with E-state index < -0.39 is 29.8 Å². The first-order chi connectivity index (χ1) is 13.3. The average Bonchev–Trinajstić information content (AvgIpc) is 2.62. The fourth-order valence-corrected chi connectivity index (χ4v) is 3.40. The maximum Gasteiger partial charge on any atom is 0.242 e. The number of hydrogen-bond donors (Lipinski definition) is 3. The highest BCUT2D eigenvalue weighted by molar-refractivity contribution is 5.83. The minimum atomic E-state index is -1.26. The summed E-state index contributed by atoms with van der Waals surface area (Å²) >= 11 is 0. The third-order valence-electron chi connectivity index (χ3n) is 4.76. The van der Waals surface area contributed by atoms with Crippen molar-refractivity contribution in [2.24, 2.45) is 5.73 Å². The minimum absolute atomic E-state index is 0.00516. The predicted molar refractivity (Wildman–Crippen MR) is 97.7 cm³/mol. The van der Waals surface area contributed by atoms with Gasteiger partial charge in [-0.1, -0.05) is 12.1 Å². The van der Waals surface area contributed by atoms with E-state index in [4.69, 9.17) is 5.73 Å². The molecule has 0 aromatic heterocycles. The second-order valence-corrected chi connectivity index (χ2v) is 6.96. The molecule has 1 amide bonds. The molecular weight excluding hydrogens is 371 g/mol. The molecule has 2 aromatic rings. The summed E-state index contributed by atoms with van der Waals surface area (Å²) in [5, 5.41) is 13.5. The Morgan fingerprint density at radius 1 is 1.11 bits per heavy atom. The Labute approximate surface area is 161 Å². The van der Waals surface area contributed by atoms with Crippen LogP contribution in [0.5, 0.6) is 0 Å². The number of rotatable bonds is 6. The van der Waals surface area contributed by atoms with E-state index in [1.807, 2.05) is 0 Å². The molecule has 1 aliphatic rings. The van der Waals surface area contributed by atoms with Crippen molar-refractivity contribution < 1.29 is 23.1 Å². The van der Waals surface area contributed by atoms with Crippen molar-refractivity contribution >= 4 is 5.91 Å². The quantitative estimate of drug-likeness (QED) is 0.692. The standard InChI is InChI=1S/C20H22F3N3O2/c21-14-3-1-2-12(6-14)11-26-5-4-25-18(20(26)28)19(27)17(24)9-13-7-15(22)10-16(23)8-13/h1-3,6-8,10,17-19,25,27H,4-5,9,11,24H2. The predicted octanol–water partition coefficient (Wildman–Crippen LogP) is 1.34. The number of amides is 1. The van der Waals surface area contributed by atoms with E-state index in [1.54, 1.807) is 12.1 Å². The van der Waals surface area contributed by atoms with Gasteiger partial charge < -0.3 is 21.1 Å². The van der Waals surface area contributed by atoms with Crippen LogP contribution in [-0.2, 0) is 17.8 Å². The Bertz CT molecular complexity index is 829. The van der Waals surface area contributed by atoms with E-state index in [0.29, 0.717) is 24.2 Å². The number of carbonyl (C=O) groups excluding carboxylic acids is 1. The summed E-state index contributed by atoms with van der Waals surface area (Å²) < 4.78 is 40.0. The summed E-state index contributed by atoms with van der Waals surface area (Å²) in [7, 11) is 0. The molecular formula is C20H22F3N3O2.